The molecule has 1 heterocycles. The number of oxime groups is 1. The molecule has 6 nitrogen and oxygen atoms in total. The molecule has 1 aromatic rings. The number of piperazine rings is 1. The lowest BCUT2D eigenvalue weighted by molar-refractivity contribution is 0.138. The first kappa shape index (κ1) is 15.9. The Hall–Kier alpha value is -1.50. The first-order chi connectivity index (χ1) is 10.1. The van der Waals surface area contributed by atoms with Crippen LogP contribution in [0.15, 0.2) is 23.4 Å². The van der Waals surface area contributed by atoms with Crippen molar-refractivity contribution in [1.82, 2.24) is 9.80 Å². The summed E-state index contributed by atoms with van der Waals surface area (Å²) in [5, 5.41) is 12.3. The van der Waals surface area contributed by atoms with Gasteiger partial charge in [-0.25, -0.2) is 0 Å². The minimum absolute atomic E-state index is 0.250. The zero-order valence-corrected chi connectivity index (χ0v) is 12.9. The Morgan fingerprint density at radius 1 is 1.33 bits per heavy atom. The largest absolute Gasteiger partial charge is 0.496 e. The highest BCUT2D eigenvalue weighted by atomic mass is 35.5. The molecule has 1 aliphatic heterocycles. The van der Waals surface area contributed by atoms with E-state index in [4.69, 9.17) is 27.3 Å². The topological polar surface area (TPSA) is 74.3 Å². The molecule has 1 fully saturated rings. The molecule has 0 bridgehead atoms. The lowest BCUT2D eigenvalue weighted by atomic mass is 10.1. The van der Waals surface area contributed by atoms with Gasteiger partial charge in [0.15, 0.2) is 5.84 Å². The maximum absolute atomic E-state index is 8.60. The number of rotatable bonds is 5. The third kappa shape index (κ3) is 4.49. The van der Waals surface area contributed by atoms with Gasteiger partial charge in [-0.1, -0.05) is 16.8 Å². The van der Waals surface area contributed by atoms with Gasteiger partial charge >= 0.3 is 0 Å². The van der Waals surface area contributed by atoms with Crippen molar-refractivity contribution in [2.24, 2.45) is 10.9 Å². The van der Waals surface area contributed by atoms with Gasteiger partial charge in [-0.15, -0.1) is 0 Å². The van der Waals surface area contributed by atoms with Gasteiger partial charge in [0.05, 0.1) is 13.7 Å². The summed E-state index contributed by atoms with van der Waals surface area (Å²) in [4.78, 5) is 4.51. The van der Waals surface area contributed by atoms with Crippen molar-refractivity contribution in [3.05, 3.63) is 28.8 Å². The summed E-state index contributed by atoms with van der Waals surface area (Å²) >= 11 is 6.05. The van der Waals surface area contributed by atoms with Crippen LogP contribution in [0, 0.1) is 0 Å². The van der Waals surface area contributed by atoms with Gasteiger partial charge in [-0.05, 0) is 18.2 Å². The number of benzene rings is 1. The van der Waals surface area contributed by atoms with Gasteiger partial charge in [0.25, 0.3) is 0 Å². The molecule has 1 aromatic carbocycles. The molecule has 0 radical (unpaired) electrons. The minimum atomic E-state index is 0.250. The van der Waals surface area contributed by atoms with E-state index in [2.05, 4.69) is 15.0 Å². The number of amidine groups is 1. The third-order valence-corrected chi connectivity index (χ3v) is 3.85. The predicted molar refractivity (Wildman–Crippen MR) is 83.1 cm³/mol. The second-order valence-corrected chi connectivity index (χ2v) is 5.54. The zero-order valence-electron chi connectivity index (χ0n) is 12.1. The van der Waals surface area contributed by atoms with Crippen LogP contribution >= 0.6 is 11.6 Å². The van der Waals surface area contributed by atoms with Gasteiger partial charge in [0.1, 0.15) is 5.75 Å². The number of hydrogen-bond donors (Lipinski definition) is 2. The average molecular weight is 313 g/mol. The fourth-order valence-corrected chi connectivity index (χ4v) is 2.67. The van der Waals surface area contributed by atoms with Gasteiger partial charge < -0.3 is 15.7 Å². The molecule has 3 N–H and O–H groups in total. The van der Waals surface area contributed by atoms with Crippen molar-refractivity contribution < 1.29 is 9.94 Å². The number of methoxy groups -OCH3 is 1. The highest BCUT2D eigenvalue weighted by Crippen LogP contribution is 2.24. The van der Waals surface area contributed by atoms with Gasteiger partial charge in [-0.2, -0.15) is 0 Å². The van der Waals surface area contributed by atoms with Crippen LogP contribution < -0.4 is 10.5 Å². The molecular weight excluding hydrogens is 292 g/mol. The summed E-state index contributed by atoms with van der Waals surface area (Å²) in [7, 11) is 1.67. The van der Waals surface area contributed by atoms with E-state index in [0.29, 0.717) is 6.54 Å². The predicted octanol–water partition coefficient (Wildman–Crippen LogP) is 1.21. The molecule has 0 aromatic heterocycles. The lowest BCUT2D eigenvalue weighted by Crippen LogP contribution is -2.48. The van der Waals surface area contributed by atoms with Crippen LogP contribution in [0.3, 0.4) is 0 Å². The Morgan fingerprint density at radius 2 is 2.00 bits per heavy atom. The Labute approximate surface area is 129 Å². The molecule has 0 unspecified atom stereocenters. The van der Waals surface area contributed by atoms with Crippen molar-refractivity contribution >= 4 is 17.4 Å². The molecule has 1 aliphatic rings. The Balaban J connectivity index is 1.90. The molecule has 0 spiro atoms. The second kappa shape index (κ2) is 7.49. The van der Waals surface area contributed by atoms with Crippen molar-refractivity contribution in [2.45, 2.75) is 6.54 Å². The molecule has 2 rings (SSSR count). The monoisotopic (exact) mass is 312 g/mol. The van der Waals surface area contributed by atoms with Crippen molar-refractivity contribution in [2.75, 3.05) is 39.8 Å². The molecule has 0 atom stereocenters. The van der Waals surface area contributed by atoms with E-state index in [9.17, 15) is 0 Å². The van der Waals surface area contributed by atoms with Crippen molar-refractivity contribution in [1.29, 1.82) is 0 Å². The van der Waals surface area contributed by atoms with E-state index in [1.54, 1.807) is 7.11 Å². The molecule has 7 heteroatoms. The van der Waals surface area contributed by atoms with E-state index in [-0.39, 0.29) is 5.84 Å². The molecule has 0 aliphatic carbocycles. The van der Waals surface area contributed by atoms with Crippen LogP contribution in [-0.2, 0) is 6.54 Å². The number of nitrogens with two attached hydrogens (primary N) is 1. The van der Waals surface area contributed by atoms with Crippen molar-refractivity contribution in [3.8, 4) is 5.75 Å². The average Bonchev–Trinajstić information content (AvgIpc) is 2.49. The standard InChI is InChI=1S/C14H21ClN4O2/c1-21-13-3-2-12(15)8-11(13)9-18-4-6-19(7-5-18)10-14(16)17-20/h2-3,8,20H,4-7,9-10H2,1H3,(H2,16,17). The highest BCUT2D eigenvalue weighted by Gasteiger charge is 2.19. The molecule has 1 saturated heterocycles. The normalized spacial score (nSPS) is 17.9. The third-order valence-electron chi connectivity index (χ3n) is 3.62. The molecule has 0 amide bonds. The van der Waals surface area contributed by atoms with Crippen LogP contribution in [0.25, 0.3) is 0 Å². The summed E-state index contributed by atoms with van der Waals surface area (Å²) in [5.41, 5.74) is 6.62. The Bertz CT molecular complexity index is 502. The number of hydrogen-bond acceptors (Lipinski definition) is 5. The van der Waals surface area contributed by atoms with E-state index >= 15 is 0 Å². The lowest BCUT2D eigenvalue weighted by Gasteiger charge is -2.34. The molecular formula is C14H21ClN4O2. The first-order valence-electron chi connectivity index (χ1n) is 6.86. The first-order valence-corrected chi connectivity index (χ1v) is 7.23. The molecule has 21 heavy (non-hydrogen) atoms. The fraction of sp³-hybridized carbons (Fsp3) is 0.500. The van der Waals surface area contributed by atoms with Crippen LogP contribution in [0.5, 0.6) is 5.75 Å². The summed E-state index contributed by atoms with van der Waals surface area (Å²) in [5.74, 6) is 1.11. The fourth-order valence-electron chi connectivity index (χ4n) is 2.48. The van der Waals surface area contributed by atoms with Gasteiger partial charge in [-0.3, -0.25) is 9.80 Å². The quantitative estimate of drug-likeness (QED) is 0.370. The number of ether oxygens (including phenoxy) is 1. The second-order valence-electron chi connectivity index (χ2n) is 5.10. The van der Waals surface area contributed by atoms with E-state index in [0.717, 1.165) is 49.1 Å². The van der Waals surface area contributed by atoms with Gasteiger partial charge in [0, 0.05) is 43.3 Å². The van der Waals surface area contributed by atoms with E-state index in [1.807, 2.05) is 18.2 Å². The number of nitrogens with zero attached hydrogens (tertiary/aromatic N) is 3. The summed E-state index contributed by atoms with van der Waals surface area (Å²) in [6.07, 6.45) is 0. The van der Waals surface area contributed by atoms with Crippen LogP contribution in [-0.4, -0.2) is 60.7 Å². The highest BCUT2D eigenvalue weighted by molar-refractivity contribution is 6.30. The molecule has 0 saturated carbocycles. The minimum Gasteiger partial charge on any atom is -0.496 e. The van der Waals surface area contributed by atoms with Gasteiger partial charge in [0.2, 0.25) is 0 Å². The Kier molecular flexibility index (Phi) is 5.67. The summed E-state index contributed by atoms with van der Waals surface area (Å²) in [6.45, 7) is 4.94. The van der Waals surface area contributed by atoms with E-state index < -0.39 is 0 Å². The maximum atomic E-state index is 8.60. The summed E-state index contributed by atoms with van der Waals surface area (Å²) in [6, 6.07) is 5.67. The number of halogens is 1. The van der Waals surface area contributed by atoms with E-state index in [1.165, 1.54) is 0 Å². The van der Waals surface area contributed by atoms with Crippen LogP contribution in [0.2, 0.25) is 5.02 Å². The molecule has 116 valence electrons. The van der Waals surface area contributed by atoms with Crippen molar-refractivity contribution in [3.63, 3.8) is 0 Å². The summed E-state index contributed by atoms with van der Waals surface area (Å²) < 4.78 is 5.37. The SMILES string of the molecule is COc1ccc(Cl)cc1CN1CCN(CC(N)=NO)CC1. The maximum Gasteiger partial charge on any atom is 0.153 e. The van der Waals surface area contributed by atoms with Crippen LogP contribution in [0.1, 0.15) is 5.56 Å². The van der Waals surface area contributed by atoms with Crippen LogP contribution in [0.4, 0.5) is 0 Å². The zero-order chi connectivity index (χ0) is 15.2. The Morgan fingerprint density at radius 3 is 2.62 bits per heavy atom. The smallest absolute Gasteiger partial charge is 0.153 e.